The summed E-state index contributed by atoms with van der Waals surface area (Å²) in [5.41, 5.74) is 8.86. The SMILES string of the molecule is CC(C)Cc1nc2ccc(CN)cc2[nH]1. The van der Waals surface area contributed by atoms with Crippen molar-refractivity contribution in [3.63, 3.8) is 0 Å². The zero-order valence-electron chi connectivity index (χ0n) is 9.25. The van der Waals surface area contributed by atoms with Crippen LogP contribution in [0.15, 0.2) is 18.2 Å². The Balaban J connectivity index is 2.37. The molecule has 80 valence electrons. The lowest BCUT2D eigenvalue weighted by Gasteiger charge is -1.98. The normalized spacial score (nSPS) is 11.5. The molecule has 1 heterocycles. The molecule has 0 bridgehead atoms. The van der Waals surface area contributed by atoms with Crippen molar-refractivity contribution in [3.05, 3.63) is 29.6 Å². The third-order valence-electron chi connectivity index (χ3n) is 2.43. The summed E-state index contributed by atoms with van der Waals surface area (Å²) >= 11 is 0. The van der Waals surface area contributed by atoms with E-state index >= 15 is 0 Å². The van der Waals surface area contributed by atoms with Crippen LogP contribution in [0.3, 0.4) is 0 Å². The van der Waals surface area contributed by atoms with Crippen LogP contribution in [0.25, 0.3) is 11.0 Å². The van der Waals surface area contributed by atoms with Crippen LogP contribution < -0.4 is 5.73 Å². The van der Waals surface area contributed by atoms with Gasteiger partial charge < -0.3 is 10.7 Å². The van der Waals surface area contributed by atoms with Crippen molar-refractivity contribution < 1.29 is 0 Å². The van der Waals surface area contributed by atoms with Gasteiger partial charge in [-0.3, -0.25) is 0 Å². The van der Waals surface area contributed by atoms with Crippen molar-refractivity contribution in [1.29, 1.82) is 0 Å². The lowest BCUT2D eigenvalue weighted by molar-refractivity contribution is 0.627. The van der Waals surface area contributed by atoms with E-state index in [-0.39, 0.29) is 0 Å². The van der Waals surface area contributed by atoms with Gasteiger partial charge in [0.15, 0.2) is 0 Å². The fourth-order valence-electron chi connectivity index (χ4n) is 1.72. The third kappa shape index (κ3) is 2.18. The van der Waals surface area contributed by atoms with Crippen LogP contribution in [0.5, 0.6) is 0 Å². The standard InChI is InChI=1S/C12H17N3/c1-8(2)5-12-14-10-4-3-9(7-13)6-11(10)15-12/h3-4,6,8H,5,7,13H2,1-2H3,(H,14,15). The maximum Gasteiger partial charge on any atom is 0.107 e. The Bertz CT molecular complexity index is 457. The van der Waals surface area contributed by atoms with Crippen LogP contribution in [0.1, 0.15) is 25.2 Å². The van der Waals surface area contributed by atoms with Gasteiger partial charge in [0.05, 0.1) is 11.0 Å². The molecule has 0 spiro atoms. The van der Waals surface area contributed by atoms with E-state index in [0.717, 1.165) is 28.8 Å². The van der Waals surface area contributed by atoms with E-state index in [9.17, 15) is 0 Å². The zero-order chi connectivity index (χ0) is 10.8. The molecule has 0 saturated carbocycles. The molecule has 3 N–H and O–H groups in total. The number of hydrogen-bond acceptors (Lipinski definition) is 2. The van der Waals surface area contributed by atoms with E-state index in [2.05, 4.69) is 29.9 Å². The van der Waals surface area contributed by atoms with Crippen LogP contribution in [0.4, 0.5) is 0 Å². The Labute approximate surface area is 89.7 Å². The quantitative estimate of drug-likeness (QED) is 0.803. The Kier molecular flexibility index (Phi) is 2.73. The van der Waals surface area contributed by atoms with Crippen LogP contribution in [0, 0.1) is 5.92 Å². The Morgan fingerprint density at radius 3 is 2.87 bits per heavy atom. The van der Waals surface area contributed by atoms with Gasteiger partial charge in [0.2, 0.25) is 0 Å². The number of hydrogen-bond donors (Lipinski definition) is 2. The van der Waals surface area contributed by atoms with E-state index in [1.807, 2.05) is 12.1 Å². The number of benzene rings is 1. The van der Waals surface area contributed by atoms with Crippen molar-refractivity contribution in [1.82, 2.24) is 9.97 Å². The Hall–Kier alpha value is -1.35. The molecule has 0 aliphatic carbocycles. The molecule has 0 aliphatic heterocycles. The van der Waals surface area contributed by atoms with Gasteiger partial charge in [-0.25, -0.2) is 4.98 Å². The summed E-state index contributed by atoms with van der Waals surface area (Å²) in [5.74, 6) is 1.69. The number of rotatable bonds is 3. The van der Waals surface area contributed by atoms with E-state index in [1.54, 1.807) is 0 Å². The molecule has 3 heteroatoms. The molecule has 3 nitrogen and oxygen atoms in total. The van der Waals surface area contributed by atoms with Gasteiger partial charge in [0.1, 0.15) is 5.82 Å². The molecule has 2 rings (SSSR count). The number of aromatic nitrogens is 2. The summed E-state index contributed by atoms with van der Waals surface area (Å²) in [4.78, 5) is 7.87. The summed E-state index contributed by atoms with van der Waals surface area (Å²) in [6.45, 7) is 4.96. The molecule has 2 aromatic rings. The molecule has 0 unspecified atom stereocenters. The highest BCUT2D eigenvalue weighted by Crippen LogP contribution is 2.15. The topological polar surface area (TPSA) is 54.7 Å². The number of H-pyrrole nitrogens is 1. The monoisotopic (exact) mass is 203 g/mol. The fraction of sp³-hybridized carbons (Fsp3) is 0.417. The molecule has 0 atom stereocenters. The number of nitrogens with one attached hydrogen (secondary N) is 1. The van der Waals surface area contributed by atoms with Gasteiger partial charge in [-0.1, -0.05) is 19.9 Å². The van der Waals surface area contributed by atoms with Gasteiger partial charge in [-0.05, 0) is 23.6 Å². The first-order chi connectivity index (χ1) is 7.19. The number of nitrogens with two attached hydrogens (primary N) is 1. The van der Waals surface area contributed by atoms with Crippen LogP contribution in [-0.4, -0.2) is 9.97 Å². The van der Waals surface area contributed by atoms with Gasteiger partial charge in [0.25, 0.3) is 0 Å². The molecular formula is C12H17N3. The summed E-state index contributed by atoms with van der Waals surface area (Å²) in [6.07, 6.45) is 0.993. The molecule has 0 amide bonds. The second-order valence-corrected chi connectivity index (χ2v) is 4.34. The first-order valence-electron chi connectivity index (χ1n) is 5.36. The molecule has 0 saturated heterocycles. The van der Waals surface area contributed by atoms with Crippen LogP contribution in [0.2, 0.25) is 0 Å². The molecule has 0 aliphatic rings. The van der Waals surface area contributed by atoms with E-state index < -0.39 is 0 Å². The lowest BCUT2D eigenvalue weighted by Crippen LogP contribution is -1.95. The van der Waals surface area contributed by atoms with Crippen LogP contribution in [-0.2, 0) is 13.0 Å². The predicted molar refractivity (Wildman–Crippen MR) is 62.5 cm³/mol. The summed E-state index contributed by atoms with van der Waals surface area (Å²) in [5, 5.41) is 0. The minimum absolute atomic E-state index is 0.578. The van der Waals surface area contributed by atoms with Crippen molar-refractivity contribution in [2.45, 2.75) is 26.8 Å². The second-order valence-electron chi connectivity index (χ2n) is 4.34. The highest BCUT2D eigenvalue weighted by atomic mass is 14.9. The van der Waals surface area contributed by atoms with Gasteiger partial charge in [-0.2, -0.15) is 0 Å². The van der Waals surface area contributed by atoms with Crippen LogP contribution >= 0.6 is 0 Å². The van der Waals surface area contributed by atoms with E-state index in [0.29, 0.717) is 12.5 Å². The summed E-state index contributed by atoms with van der Waals surface area (Å²) in [6, 6.07) is 6.13. The highest BCUT2D eigenvalue weighted by Gasteiger charge is 2.04. The first kappa shape index (κ1) is 10.2. The van der Waals surface area contributed by atoms with Crippen molar-refractivity contribution >= 4 is 11.0 Å². The molecule has 1 aromatic carbocycles. The number of imidazole rings is 1. The lowest BCUT2D eigenvalue weighted by atomic mass is 10.1. The average Bonchev–Trinajstić information content (AvgIpc) is 2.57. The average molecular weight is 203 g/mol. The number of nitrogens with zero attached hydrogens (tertiary/aromatic N) is 1. The van der Waals surface area contributed by atoms with E-state index in [1.165, 1.54) is 0 Å². The van der Waals surface area contributed by atoms with Gasteiger partial charge in [-0.15, -0.1) is 0 Å². The predicted octanol–water partition coefficient (Wildman–Crippen LogP) is 2.22. The van der Waals surface area contributed by atoms with Gasteiger partial charge in [0, 0.05) is 13.0 Å². The molecule has 0 radical (unpaired) electrons. The third-order valence-corrected chi connectivity index (χ3v) is 2.43. The van der Waals surface area contributed by atoms with Crippen molar-refractivity contribution in [2.75, 3.05) is 0 Å². The Morgan fingerprint density at radius 2 is 2.20 bits per heavy atom. The zero-order valence-corrected chi connectivity index (χ0v) is 9.25. The minimum Gasteiger partial charge on any atom is -0.342 e. The van der Waals surface area contributed by atoms with Gasteiger partial charge >= 0.3 is 0 Å². The molecule has 1 aromatic heterocycles. The number of fused-ring (bicyclic) bond motifs is 1. The maximum absolute atomic E-state index is 5.59. The maximum atomic E-state index is 5.59. The van der Waals surface area contributed by atoms with Crippen molar-refractivity contribution in [3.8, 4) is 0 Å². The fourth-order valence-corrected chi connectivity index (χ4v) is 1.72. The first-order valence-corrected chi connectivity index (χ1v) is 5.36. The van der Waals surface area contributed by atoms with E-state index in [4.69, 9.17) is 5.73 Å². The smallest absolute Gasteiger partial charge is 0.107 e. The number of aromatic amines is 1. The Morgan fingerprint density at radius 1 is 1.40 bits per heavy atom. The largest absolute Gasteiger partial charge is 0.342 e. The molecule has 0 fully saturated rings. The minimum atomic E-state index is 0.578. The second kappa shape index (κ2) is 4.03. The highest BCUT2D eigenvalue weighted by molar-refractivity contribution is 5.75. The molecular weight excluding hydrogens is 186 g/mol. The summed E-state index contributed by atoms with van der Waals surface area (Å²) < 4.78 is 0. The van der Waals surface area contributed by atoms with Crippen molar-refractivity contribution in [2.24, 2.45) is 11.7 Å². The summed E-state index contributed by atoms with van der Waals surface area (Å²) in [7, 11) is 0. The molecule has 15 heavy (non-hydrogen) atoms.